The molecule has 2 aromatic rings. The van der Waals surface area contributed by atoms with E-state index < -0.39 is 5.82 Å². The third-order valence-corrected chi connectivity index (χ3v) is 4.14. The second kappa shape index (κ2) is 6.62. The Morgan fingerprint density at radius 3 is 2.71 bits per heavy atom. The smallest absolute Gasteiger partial charge is 0.229 e. The maximum Gasteiger partial charge on any atom is 0.229 e. The maximum absolute atomic E-state index is 13.1. The predicted octanol–water partition coefficient (Wildman–Crippen LogP) is 3.30. The molecule has 1 heterocycles. The molecule has 0 radical (unpaired) electrons. The molecule has 1 aromatic heterocycles. The van der Waals surface area contributed by atoms with Crippen LogP contribution in [0.4, 0.5) is 15.2 Å². The average Bonchev–Trinajstić information content (AvgIpc) is 2.91. The zero-order valence-corrected chi connectivity index (χ0v) is 12.7. The molecule has 7 heteroatoms. The van der Waals surface area contributed by atoms with E-state index >= 15 is 0 Å². The summed E-state index contributed by atoms with van der Waals surface area (Å²) in [4.78, 5) is 12.0. The molecule has 0 spiro atoms. The van der Waals surface area contributed by atoms with E-state index in [2.05, 4.69) is 15.5 Å². The SMILES string of the molecule is CCC(CC)C(=O)Nc1nnc(-c2ccc(F)c(N)c2)s1. The zero-order chi connectivity index (χ0) is 15.4. The number of aromatic nitrogens is 2. The van der Waals surface area contributed by atoms with Gasteiger partial charge in [-0.1, -0.05) is 25.2 Å². The van der Waals surface area contributed by atoms with Crippen LogP contribution in [0.5, 0.6) is 0 Å². The van der Waals surface area contributed by atoms with Crippen LogP contribution in [0, 0.1) is 11.7 Å². The number of anilines is 2. The highest BCUT2D eigenvalue weighted by atomic mass is 32.1. The Hall–Kier alpha value is -2.02. The largest absolute Gasteiger partial charge is 0.396 e. The van der Waals surface area contributed by atoms with E-state index in [1.54, 1.807) is 6.07 Å². The molecule has 3 N–H and O–H groups in total. The quantitative estimate of drug-likeness (QED) is 0.830. The van der Waals surface area contributed by atoms with Crippen LogP contribution in [0.1, 0.15) is 26.7 Å². The summed E-state index contributed by atoms with van der Waals surface area (Å²) in [5, 5.41) is 11.7. The van der Waals surface area contributed by atoms with Crippen molar-refractivity contribution in [3.05, 3.63) is 24.0 Å². The number of carbonyl (C=O) groups is 1. The van der Waals surface area contributed by atoms with E-state index in [9.17, 15) is 9.18 Å². The van der Waals surface area contributed by atoms with Crippen LogP contribution in [0.25, 0.3) is 10.6 Å². The van der Waals surface area contributed by atoms with Crippen molar-refractivity contribution in [2.24, 2.45) is 5.92 Å². The highest BCUT2D eigenvalue weighted by Gasteiger charge is 2.16. The number of hydrogen-bond acceptors (Lipinski definition) is 5. The molecule has 0 aliphatic heterocycles. The summed E-state index contributed by atoms with van der Waals surface area (Å²) in [7, 11) is 0. The van der Waals surface area contributed by atoms with Gasteiger partial charge >= 0.3 is 0 Å². The van der Waals surface area contributed by atoms with Crippen LogP contribution in [0.3, 0.4) is 0 Å². The first-order valence-electron chi connectivity index (χ1n) is 6.74. The van der Waals surface area contributed by atoms with Gasteiger partial charge in [0.15, 0.2) is 0 Å². The first-order chi connectivity index (χ1) is 10.0. The van der Waals surface area contributed by atoms with Crippen molar-refractivity contribution in [2.45, 2.75) is 26.7 Å². The molecule has 0 fully saturated rings. The Morgan fingerprint density at radius 2 is 2.10 bits per heavy atom. The Morgan fingerprint density at radius 1 is 1.38 bits per heavy atom. The lowest BCUT2D eigenvalue weighted by Gasteiger charge is -2.09. The fourth-order valence-corrected chi connectivity index (χ4v) is 2.68. The minimum absolute atomic E-state index is 0.0289. The van der Waals surface area contributed by atoms with Crippen LogP contribution in [-0.4, -0.2) is 16.1 Å². The molecule has 0 saturated carbocycles. The molecule has 1 aromatic carbocycles. The summed E-state index contributed by atoms with van der Waals surface area (Å²) in [6.07, 6.45) is 1.56. The molecule has 0 unspecified atom stereocenters. The minimum Gasteiger partial charge on any atom is -0.396 e. The van der Waals surface area contributed by atoms with Gasteiger partial charge in [-0.15, -0.1) is 10.2 Å². The molecule has 0 aliphatic carbocycles. The highest BCUT2D eigenvalue weighted by molar-refractivity contribution is 7.18. The lowest BCUT2D eigenvalue weighted by atomic mass is 10.0. The zero-order valence-electron chi connectivity index (χ0n) is 11.9. The molecule has 0 bridgehead atoms. The lowest BCUT2D eigenvalue weighted by molar-refractivity contribution is -0.120. The van der Waals surface area contributed by atoms with Crippen LogP contribution in [-0.2, 0) is 4.79 Å². The van der Waals surface area contributed by atoms with Crippen molar-refractivity contribution < 1.29 is 9.18 Å². The summed E-state index contributed by atoms with van der Waals surface area (Å²) < 4.78 is 13.1. The molecule has 5 nitrogen and oxygen atoms in total. The van der Waals surface area contributed by atoms with Crippen molar-refractivity contribution in [3.8, 4) is 10.6 Å². The van der Waals surface area contributed by atoms with Crippen molar-refractivity contribution in [1.82, 2.24) is 10.2 Å². The third-order valence-electron chi connectivity index (χ3n) is 3.25. The Bertz CT molecular complexity index is 640. The van der Waals surface area contributed by atoms with Crippen molar-refractivity contribution in [1.29, 1.82) is 0 Å². The minimum atomic E-state index is -0.467. The maximum atomic E-state index is 13.1. The fourth-order valence-electron chi connectivity index (χ4n) is 1.93. The van der Waals surface area contributed by atoms with Gasteiger partial charge in [0.2, 0.25) is 11.0 Å². The first kappa shape index (κ1) is 15.4. The van der Waals surface area contributed by atoms with E-state index in [1.165, 1.54) is 23.5 Å². The van der Waals surface area contributed by atoms with Crippen LogP contribution in [0.2, 0.25) is 0 Å². The van der Waals surface area contributed by atoms with E-state index in [1.807, 2.05) is 13.8 Å². The highest BCUT2D eigenvalue weighted by Crippen LogP contribution is 2.28. The van der Waals surface area contributed by atoms with Crippen molar-refractivity contribution in [2.75, 3.05) is 11.1 Å². The Balaban J connectivity index is 2.14. The predicted molar refractivity (Wildman–Crippen MR) is 82.4 cm³/mol. The van der Waals surface area contributed by atoms with Gasteiger partial charge in [0.05, 0.1) is 5.69 Å². The van der Waals surface area contributed by atoms with Gasteiger partial charge in [-0.25, -0.2) is 4.39 Å². The number of nitrogens with two attached hydrogens (primary N) is 1. The van der Waals surface area contributed by atoms with Gasteiger partial charge in [-0.2, -0.15) is 0 Å². The molecule has 0 atom stereocenters. The summed E-state index contributed by atoms with van der Waals surface area (Å²) in [5.41, 5.74) is 6.27. The number of amides is 1. The second-order valence-corrected chi connectivity index (χ2v) is 5.63. The topological polar surface area (TPSA) is 80.9 Å². The lowest BCUT2D eigenvalue weighted by Crippen LogP contribution is -2.21. The van der Waals surface area contributed by atoms with Gasteiger partial charge < -0.3 is 11.1 Å². The third kappa shape index (κ3) is 3.55. The summed E-state index contributed by atoms with van der Waals surface area (Å²) in [6, 6.07) is 4.37. The molecular formula is C14H17FN4OS. The number of nitrogen functional groups attached to an aromatic ring is 1. The second-order valence-electron chi connectivity index (χ2n) is 4.65. The molecule has 21 heavy (non-hydrogen) atoms. The van der Waals surface area contributed by atoms with Gasteiger partial charge in [-0.05, 0) is 31.0 Å². The monoisotopic (exact) mass is 308 g/mol. The normalized spacial score (nSPS) is 10.9. The van der Waals surface area contributed by atoms with E-state index in [0.29, 0.717) is 15.7 Å². The van der Waals surface area contributed by atoms with Gasteiger partial charge in [0.25, 0.3) is 0 Å². The number of nitrogens with zero attached hydrogens (tertiary/aromatic N) is 2. The molecule has 1 amide bonds. The van der Waals surface area contributed by atoms with E-state index in [-0.39, 0.29) is 17.5 Å². The number of halogens is 1. The molecule has 112 valence electrons. The van der Waals surface area contributed by atoms with Crippen LogP contribution < -0.4 is 11.1 Å². The van der Waals surface area contributed by atoms with E-state index in [4.69, 9.17) is 5.73 Å². The van der Waals surface area contributed by atoms with Gasteiger partial charge in [0, 0.05) is 11.5 Å². The number of nitrogens with one attached hydrogen (secondary N) is 1. The average molecular weight is 308 g/mol. The standard InChI is InChI=1S/C14H17FN4OS/c1-3-8(4-2)12(20)17-14-19-18-13(21-14)9-5-6-10(15)11(16)7-9/h5-8H,3-4,16H2,1-2H3,(H,17,19,20). The number of carbonyl (C=O) groups excluding carboxylic acids is 1. The number of benzene rings is 1. The Kier molecular flexibility index (Phi) is 4.85. The van der Waals surface area contributed by atoms with Gasteiger partial charge in [-0.3, -0.25) is 4.79 Å². The summed E-state index contributed by atoms with van der Waals surface area (Å²) in [6.45, 7) is 3.95. The number of hydrogen-bond donors (Lipinski definition) is 2. The summed E-state index contributed by atoms with van der Waals surface area (Å²) in [5.74, 6) is -0.550. The molecule has 2 rings (SSSR count). The fraction of sp³-hybridized carbons (Fsp3) is 0.357. The first-order valence-corrected chi connectivity index (χ1v) is 7.56. The van der Waals surface area contributed by atoms with Crippen LogP contribution in [0.15, 0.2) is 18.2 Å². The molecule has 0 saturated heterocycles. The van der Waals surface area contributed by atoms with Crippen molar-refractivity contribution in [3.63, 3.8) is 0 Å². The van der Waals surface area contributed by atoms with E-state index in [0.717, 1.165) is 12.8 Å². The summed E-state index contributed by atoms with van der Waals surface area (Å²) >= 11 is 1.24. The van der Waals surface area contributed by atoms with Crippen molar-refractivity contribution >= 4 is 28.1 Å². The van der Waals surface area contributed by atoms with Crippen LogP contribution >= 0.6 is 11.3 Å². The number of rotatable bonds is 5. The Labute approximate surface area is 126 Å². The van der Waals surface area contributed by atoms with Gasteiger partial charge in [0.1, 0.15) is 10.8 Å². The molecular weight excluding hydrogens is 291 g/mol. The molecule has 0 aliphatic rings.